The molecule has 0 bridgehead atoms. The molecule has 1 aromatic rings. The van der Waals surface area contributed by atoms with Gasteiger partial charge >= 0.3 is 0 Å². The van der Waals surface area contributed by atoms with Crippen LogP contribution in [0.4, 0.5) is 0 Å². The van der Waals surface area contributed by atoms with Crippen LogP contribution in [0, 0.1) is 5.92 Å². The first-order valence-electron chi connectivity index (χ1n) is 23.6. The molecule has 71 heavy (non-hydrogen) atoms. The Bertz CT molecular complexity index is 2110. The van der Waals surface area contributed by atoms with Crippen LogP contribution in [0.1, 0.15) is 102 Å². The maximum Gasteiger partial charge on any atom is 0.246 e. The molecule has 0 aromatic heterocycles. The molecule has 3 rings (SSSR count). The summed E-state index contributed by atoms with van der Waals surface area (Å²) in [5.74, 6) is -13.7. The third kappa shape index (κ3) is 19.5. The SMILES string of the molecule is CCCCCCCC[C@@H]1CNC(=O)[C@H]2CCCN2C(=O)[C@H](CC(N)=O)NC(=O)[C@H](CO)NC(=O)[C@H](CCC(N)=O)NC(=O)[C@H](CC(N)=O)NC(=O)[C@@H](Cc2ccc(O)cc2)NC(=O)[C@H](CC(N)=O)NC1=O. The quantitative estimate of drug-likeness (QED) is 0.0579. The van der Waals surface area contributed by atoms with E-state index in [0.717, 1.165) is 30.6 Å². The van der Waals surface area contributed by atoms with Gasteiger partial charge in [-0.1, -0.05) is 57.6 Å². The molecule has 0 saturated carbocycles. The van der Waals surface area contributed by atoms with Crippen molar-refractivity contribution in [3.8, 4) is 5.75 Å². The number of hydrogen-bond donors (Lipinski definition) is 13. The van der Waals surface area contributed by atoms with Crippen LogP contribution in [-0.2, 0) is 64.0 Å². The van der Waals surface area contributed by atoms with E-state index in [1.165, 1.54) is 24.3 Å². The lowest BCUT2D eigenvalue weighted by Crippen LogP contribution is -2.61. The molecule has 2 heterocycles. The molecule has 0 unspecified atom stereocenters. The number of phenolic OH excluding ortho intramolecular Hbond substituents is 1. The standard InChI is InChI=1S/C45H68N12O14/c1-2-3-4-5-6-7-9-25-22-50-44(70)33-10-8-17-57(33)45(71)31(21-37(49)63)55-43(69)32(23-58)56-39(65)27(15-16-34(46)60)51-41(67)30(20-36(48)62)54-40(66)28(18-24-11-13-26(59)14-12-24)53-42(68)29(19-35(47)61)52-38(25)64/h11-14,25,27-33,58-59H,2-10,15-23H2,1H3,(H2,46,60)(H2,47,61)(H2,48,62)(H2,49,63)(H,50,70)(H,51,67)(H,52,64)(H,53,68)(H,54,66)(H,55,69)(H,56,65)/t25-,27+,28-,29+,30+,31+,32+,33-/m1/s1. The van der Waals surface area contributed by atoms with E-state index in [-0.39, 0.29) is 38.1 Å². The number of aliphatic hydroxyl groups excluding tert-OH is 1. The average Bonchev–Trinajstić information content (AvgIpc) is 3.80. The van der Waals surface area contributed by atoms with Gasteiger partial charge in [0.1, 0.15) is 48.0 Å². The summed E-state index contributed by atoms with van der Waals surface area (Å²) in [4.78, 5) is 162. The molecule has 8 atom stereocenters. The minimum Gasteiger partial charge on any atom is -0.508 e. The van der Waals surface area contributed by atoms with Crippen molar-refractivity contribution < 1.29 is 67.7 Å². The van der Waals surface area contributed by atoms with Gasteiger partial charge in [-0.3, -0.25) is 57.5 Å². The van der Waals surface area contributed by atoms with Crippen molar-refractivity contribution in [3.63, 3.8) is 0 Å². The highest BCUT2D eigenvalue weighted by molar-refractivity contribution is 6.00. The average molecular weight is 1000 g/mol. The lowest BCUT2D eigenvalue weighted by molar-refractivity contribution is -0.143. The second-order valence-corrected chi connectivity index (χ2v) is 17.6. The Morgan fingerprint density at radius 3 is 1.63 bits per heavy atom. The highest BCUT2D eigenvalue weighted by Gasteiger charge is 2.40. The van der Waals surface area contributed by atoms with E-state index in [0.29, 0.717) is 24.8 Å². The zero-order chi connectivity index (χ0) is 52.8. The lowest BCUT2D eigenvalue weighted by atomic mass is 9.98. The number of unbranched alkanes of at least 4 members (excludes halogenated alkanes) is 5. The highest BCUT2D eigenvalue weighted by Crippen LogP contribution is 2.21. The van der Waals surface area contributed by atoms with Gasteiger partial charge in [-0.05, 0) is 43.4 Å². The molecule has 2 aliphatic rings. The number of phenols is 1. The van der Waals surface area contributed by atoms with E-state index in [4.69, 9.17) is 22.9 Å². The predicted molar refractivity (Wildman–Crippen MR) is 250 cm³/mol. The van der Waals surface area contributed by atoms with Crippen LogP contribution in [0.25, 0.3) is 0 Å². The summed E-state index contributed by atoms with van der Waals surface area (Å²) >= 11 is 0. The summed E-state index contributed by atoms with van der Waals surface area (Å²) in [6.07, 6.45) is 1.65. The van der Waals surface area contributed by atoms with E-state index in [1.54, 1.807) is 0 Å². The zero-order valence-electron chi connectivity index (χ0n) is 39.7. The van der Waals surface area contributed by atoms with Crippen LogP contribution < -0.4 is 60.2 Å². The van der Waals surface area contributed by atoms with Gasteiger partial charge in [0.05, 0.1) is 31.8 Å². The Kier molecular flexibility index (Phi) is 23.6. The largest absolute Gasteiger partial charge is 0.508 e. The van der Waals surface area contributed by atoms with Gasteiger partial charge in [0, 0.05) is 25.9 Å². The molecule has 26 nitrogen and oxygen atoms in total. The smallest absolute Gasteiger partial charge is 0.246 e. The van der Waals surface area contributed by atoms with E-state index in [2.05, 4.69) is 44.1 Å². The molecule has 17 N–H and O–H groups in total. The molecule has 392 valence electrons. The number of amides is 12. The van der Waals surface area contributed by atoms with E-state index in [1.807, 2.05) is 0 Å². The van der Waals surface area contributed by atoms with E-state index in [9.17, 15) is 67.7 Å². The molecule has 0 radical (unpaired) electrons. The predicted octanol–water partition coefficient (Wildman–Crippen LogP) is -4.78. The molecule has 1 aromatic carbocycles. The third-order valence-corrected chi connectivity index (χ3v) is 11.9. The number of carbonyl (C=O) groups is 12. The summed E-state index contributed by atoms with van der Waals surface area (Å²) in [5, 5.41) is 36.9. The van der Waals surface area contributed by atoms with Crippen molar-refractivity contribution in [1.82, 2.24) is 42.1 Å². The topological polar surface area (TPSA) is 437 Å². The molecule has 0 spiro atoms. The summed E-state index contributed by atoms with van der Waals surface area (Å²) in [7, 11) is 0. The number of aromatic hydroxyl groups is 1. The normalized spacial score (nSPS) is 24.6. The molecule has 0 aliphatic carbocycles. The number of primary amides is 4. The summed E-state index contributed by atoms with van der Waals surface area (Å²) in [6.45, 7) is 0.591. The number of nitrogens with one attached hydrogen (secondary N) is 7. The van der Waals surface area contributed by atoms with Crippen LogP contribution in [0.3, 0.4) is 0 Å². The van der Waals surface area contributed by atoms with Crippen molar-refractivity contribution >= 4 is 70.9 Å². The number of carbonyl (C=O) groups excluding carboxylic acids is 12. The molecule has 2 saturated heterocycles. The Labute approximate surface area is 409 Å². The number of rotatable bonds is 19. The summed E-state index contributed by atoms with van der Waals surface area (Å²) in [6, 6.07) is -6.47. The fourth-order valence-corrected chi connectivity index (χ4v) is 8.04. The number of nitrogens with two attached hydrogens (primary N) is 4. The molecular formula is C45H68N12O14. The minimum absolute atomic E-state index is 0.0170. The molecule has 12 amide bonds. The second kappa shape index (κ2) is 29.0. The Hall–Kier alpha value is -7.38. The van der Waals surface area contributed by atoms with Crippen molar-refractivity contribution in [1.29, 1.82) is 0 Å². The van der Waals surface area contributed by atoms with Crippen LogP contribution in [0.2, 0.25) is 0 Å². The Balaban J connectivity index is 2.17. The van der Waals surface area contributed by atoms with Gasteiger partial charge in [0.15, 0.2) is 0 Å². The third-order valence-electron chi connectivity index (χ3n) is 11.9. The van der Waals surface area contributed by atoms with Crippen LogP contribution in [0.15, 0.2) is 24.3 Å². The van der Waals surface area contributed by atoms with Crippen molar-refractivity contribution in [3.05, 3.63) is 29.8 Å². The molecule has 2 fully saturated rings. The van der Waals surface area contributed by atoms with Gasteiger partial charge in [-0.25, -0.2) is 0 Å². The lowest BCUT2D eigenvalue weighted by Gasteiger charge is -2.30. The van der Waals surface area contributed by atoms with Gasteiger partial charge < -0.3 is 75.3 Å². The number of nitrogens with zero attached hydrogens (tertiary/aromatic N) is 1. The first-order valence-corrected chi connectivity index (χ1v) is 23.6. The van der Waals surface area contributed by atoms with Crippen molar-refractivity contribution in [2.75, 3.05) is 19.7 Å². The first kappa shape index (κ1) is 57.9. The van der Waals surface area contributed by atoms with E-state index < -0.39 is 158 Å². The number of benzene rings is 1. The fraction of sp³-hybridized carbons (Fsp3) is 0.600. The molecule has 2 aliphatic heterocycles. The summed E-state index contributed by atoms with van der Waals surface area (Å²) in [5.41, 5.74) is 22.1. The number of aliphatic hydroxyl groups is 1. The second-order valence-electron chi connectivity index (χ2n) is 17.6. The highest BCUT2D eigenvalue weighted by atomic mass is 16.3. The van der Waals surface area contributed by atoms with Crippen LogP contribution in [-0.4, -0.2) is 148 Å². The summed E-state index contributed by atoms with van der Waals surface area (Å²) < 4.78 is 0. The van der Waals surface area contributed by atoms with Gasteiger partial charge in [-0.15, -0.1) is 0 Å². The maximum absolute atomic E-state index is 14.2. The zero-order valence-corrected chi connectivity index (χ0v) is 39.7. The van der Waals surface area contributed by atoms with Crippen molar-refractivity contribution in [2.24, 2.45) is 28.9 Å². The molecule has 26 heteroatoms. The fourth-order valence-electron chi connectivity index (χ4n) is 8.04. The Morgan fingerprint density at radius 1 is 0.577 bits per heavy atom. The van der Waals surface area contributed by atoms with Crippen LogP contribution in [0.5, 0.6) is 5.75 Å². The maximum atomic E-state index is 14.2. The monoisotopic (exact) mass is 1000 g/mol. The van der Waals surface area contributed by atoms with Gasteiger partial charge in [0.25, 0.3) is 0 Å². The van der Waals surface area contributed by atoms with Gasteiger partial charge in [0.2, 0.25) is 70.9 Å². The van der Waals surface area contributed by atoms with Crippen molar-refractivity contribution in [2.45, 2.75) is 146 Å². The van der Waals surface area contributed by atoms with E-state index >= 15 is 0 Å². The Morgan fingerprint density at radius 2 is 1.06 bits per heavy atom. The van der Waals surface area contributed by atoms with Gasteiger partial charge in [-0.2, -0.15) is 0 Å². The van der Waals surface area contributed by atoms with Crippen LogP contribution >= 0.6 is 0 Å². The number of hydrogen-bond acceptors (Lipinski definition) is 14. The first-order chi connectivity index (χ1) is 33.6. The molecular weight excluding hydrogens is 933 g/mol. The minimum atomic E-state index is -1.90. The number of fused-ring (bicyclic) bond motifs is 1.